The molecule has 3 nitrogen and oxygen atoms in total. The quantitative estimate of drug-likeness (QED) is 0.878. The lowest BCUT2D eigenvalue weighted by molar-refractivity contribution is 0.102. The summed E-state index contributed by atoms with van der Waals surface area (Å²) < 4.78 is 39.2. The molecule has 0 aliphatic rings. The SMILES string of the molecule is O=C(Nc1cc(F)cc(F)c1)c1c(O)cccc1F. The monoisotopic (exact) mass is 267 g/mol. The van der Waals surface area contributed by atoms with Gasteiger partial charge in [-0.3, -0.25) is 4.79 Å². The highest BCUT2D eigenvalue weighted by Crippen LogP contribution is 2.22. The first-order chi connectivity index (χ1) is 8.97. The molecule has 0 atom stereocenters. The topological polar surface area (TPSA) is 49.3 Å². The molecule has 6 heteroatoms. The minimum absolute atomic E-state index is 0.176. The summed E-state index contributed by atoms with van der Waals surface area (Å²) >= 11 is 0. The zero-order valence-electron chi connectivity index (χ0n) is 9.45. The molecule has 0 heterocycles. The highest BCUT2D eigenvalue weighted by atomic mass is 19.1. The standard InChI is InChI=1S/C13H8F3NO2/c14-7-4-8(15)6-9(5-7)17-13(19)12-10(16)2-1-3-11(12)18/h1-6,18H,(H,17,19). The molecule has 98 valence electrons. The van der Waals surface area contributed by atoms with Crippen molar-refractivity contribution in [1.82, 2.24) is 0 Å². The second-order valence-electron chi connectivity index (χ2n) is 3.75. The van der Waals surface area contributed by atoms with Gasteiger partial charge in [-0.2, -0.15) is 0 Å². The Balaban J connectivity index is 2.31. The van der Waals surface area contributed by atoms with Crippen molar-refractivity contribution < 1.29 is 23.1 Å². The van der Waals surface area contributed by atoms with E-state index in [-0.39, 0.29) is 5.69 Å². The van der Waals surface area contributed by atoms with Crippen LogP contribution in [-0.2, 0) is 0 Å². The maximum atomic E-state index is 13.4. The van der Waals surface area contributed by atoms with Crippen molar-refractivity contribution in [3.05, 3.63) is 59.4 Å². The molecule has 0 saturated heterocycles. The predicted octanol–water partition coefficient (Wildman–Crippen LogP) is 3.06. The van der Waals surface area contributed by atoms with Crippen LogP contribution in [0.1, 0.15) is 10.4 Å². The second-order valence-corrected chi connectivity index (χ2v) is 3.75. The summed E-state index contributed by atoms with van der Waals surface area (Å²) in [4.78, 5) is 11.7. The first kappa shape index (κ1) is 12.9. The van der Waals surface area contributed by atoms with Gasteiger partial charge in [-0.15, -0.1) is 0 Å². The summed E-state index contributed by atoms with van der Waals surface area (Å²) in [7, 11) is 0. The van der Waals surface area contributed by atoms with Gasteiger partial charge in [0.2, 0.25) is 0 Å². The van der Waals surface area contributed by atoms with Crippen LogP contribution < -0.4 is 5.32 Å². The summed E-state index contributed by atoms with van der Waals surface area (Å²) in [6.45, 7) is 0. The van der Waals surface area contributed by atoms with Crippen LogP contribution in [0.2, 0.25) is 0 Å². The van der Waals surface area contributed by atoms with E-state index in [1.807, 2.05) is 0 Å². The molecule has 0 bridgehead atoms. The third kappa shape index (κ3) is 2.85. The highest BCUT2D eigenvalue weighted by molar-refractivity contribution is 6.06. The summed E-state index contributed by atoms with van der Waals surface area (Å²) in [5.41, 5.74) is -0.766. The average molecular weight is 267 g/mol. The first-order valence-corrected chi connectivity index (χ1v) is 5.22. The number of rotatable bonds is 2. The molecule has 0 aliphatic heterocycles. The summed E-state index contributed by atoms with van der Waals surface area (Å²) in [5, 5.41) is 11.5. The number of benzene rings is 2. The Morgan fingerprint density at radius 3 is 2.26 bits per heavy atom. The molecule has 2 N–H and O–H groups in total. The fourth-order valence-electron chi connectivity index (χ4n) is 1.56. The van der Waals surface area contributed by atoms with Gasteiger partial charge < -0.3 is 10.4 Å². The Bertz CT molecular complexity index is 603. The van der Waals surface area contributed by atoms with Crippen LogP contribution in [-0.4, -0.2) is 11.0 Å². The summed E-state index contributed by atoms with van der Waals surface area (Å²) in [6, 6.07) is 5.72. The zero-order chi connectivity index (χ0) is 14.0. The first-order valence-electron chi connectivity index (χ1n) is 5.22. The summed E-state index contributed by atoms with van der Waals surface area (Å²) in [6.07, 6.45) is 0. The number of hydrogen-bond donors (Lipinski definition) is 2. The Labute approximate surface area is 106 Å². The molecular formula is C13H8F3NO2. The van der Waals surface area contributed by atoms with Crippen LogP contribution in [0.4, 0.5) is 18.9 Å². The smallest absolute Gasteiger partial charge is 0.262 e. The number of carbonyl (C=O) groups is 1. The van der Waals surface area contributed by atoms with Crippen molar-refractivity contribution in [1.29, 1.82) is 0 Å². The molecule has 2 aromatic carbocycles. The van der Waals surface area contributed by atoms with E-state index in [1.165, 1.54) is 6.07 Å². The van der Waals surface area contributed by atoms with Gasteiger partial charge in [-0.25, -0.2) is 13.2 Å². The van der Waals surface area contributed by atoms with E-state index < -0.39 is 34.7 Å². The van der Waals surface area contributed by atoms with Gasteiger partial charge in [-0.1, -0.05) is 6.07 Å². The maximum absolute atomic E-state index is 13.4. The lowest BCUT2D eigenvalue weighted by atomic mass is 10.1. The number of amides is 1. The number of nitrogens with one attached hydrogen (secondary N) is 1. The Kier molecular flexibility index (Phi) is 3.41. The molecule has 0 fully saturated rings. The van der Waals surface area contributed by atoms with Crippen LogP contribution in [0.25, 0.3) is 0 Å². The van der Waals surface area contributed by atoms with Crippen LogP contribution in [0.3, 0.4) is 0 Å². The zero-order valence-corrected chi connectivity index (χ0v) is 9.45. The lowest BCUT2D eigenvalue weighted by Crippen LogP contribution is -2.14. The Morgan fingerprint density at radius 1 is 1.05 bits per heavy atom. The molecule has 0 aromatic heterocycles. The van der Waals surface area contributed by atoms with Gasteiger partial charge in [-0.05, 0) is 24.3 Å². The lowest BCUT2D eigenvalue weighted by Gasteiger charge is -2.08. The van der Waals surface area contributed by atoms with E-state index >= 15 is 0 Å². The second kappa shape index (κ2) is 5.01. The van der Waals surface area contributed by atoms with Crippen molar-refractivity contribution in [3.8, 4) is 5.75 Å². The van der Waals surface area contributed by atoms with Crippen LogP contribution >= 0.6 is 0 Å². The normalized spacial score (nSPS) is 10.3. The average Bonchev–Trinajstić information content (AvgIpc) is 2.26. The van der Waals surface area contributed by atoms with Gasteiger partial charge in [0.25, 0.3) is 5.91 Å². The molecule has 0 spiro atoms. The van der Waals surface area contributed by atoms with Gasteiger partial charge in [0.1, 0.15) is 28.8 Å². The van der Waals surface area contributed by atoms with Crippen molar-refractivity contribution >= 4 is 11.6 Å². The molecule has 0 aliphatic carbocycles. The van der Waals surface area contributed by atoms with Crippen LogP contribution in [0.5, 0.6) is 5.75 Å². The third-order valence-corrected chi connectivity index (χ3v) is 2.34. The Morgan fingerprint density at radius 2 is 1.68 bits per heavy atom. The molecular weight excluding hydrogens is 259 g/mol. The number of anilines is 1. The van der Waals surface area contributed by atoms with E-state index in [4.69, 9.17) is 0 Å². The fraction of sp³-hybridized carbons (Fsp3) is 0. The van der Waals surface area contributed by atoms with Crippen LogP contribution in [0.15, 0.2) is 36.4 Å². The molecule has 2 aromatic rings. The minimum Gasteiger partial charge on any atom is -0.507 e. The van der Waals surface area contributed by atoms with E-state index in [1.54, 1.807) is 0 Å². The molecule has 1 amide bonds. The number of aromatic hydroxyl groups is 1. The van der Waals surface area contributed by atoms with Crippen molar-refractivity contribution in [3.63, 3.8) is 0 Å². The van der Waals surface area contributed by atoms with Gasteiger partial charge >= 0.3 is 0 Å². The molecule has 0 saturated carbocycles. The molecule has 2 rings (SSSR count). The van der Waals surface area contributed by atoms with E-state index in [0.717, 1.165) is 24.3 Å². The third-order valence-electron chi connectivity index (χ3n) is 2.34. The van der Waals surface area contributed by atoms with Crippen molar-refractivity contribution in [2.24, 2.45) is 0 Å². The summed E-state index contributed by atoms with van der Waals surface area (Å²) in [5.74, 6) is -4.26. The number of halogens is 3. The van der Waals surface area contributed by atoms with Crippen molar-refractivity contribution in [2.45, 2.75) is 0 Å². The van der Waals surface area contributed by atoms with E-state index in [9.17, 15) is 23.1 Å². The molecule has 0 unspecified atom stereocenters. The number of carbonyl (C=O) groups excluding carboxylic acids is 1. The van der Waals surface area contributed by atoms with Gasteiger partial charge in [0, 0.05) is 11.8 Å². The van der Waals surface area contributed by atoms with E-state index in [2.05, 4.69) is 5.32 Å². The number of hydrogen-bond acceptors (Lipinski definition) is 2. The largest absolute Gasteiger partial charge is 0.507 e. The van der Waals surface area contributed by atoms with Gasteiger partial charge in [0.15, 0.2) is 0 Å². The molecule has 0 radical (unpaired) electrons. The Hall–Kier alpha value is -2.50. The predicted molar refractivity (Wildman–Crippen MR) is 62.4 cm³/mol. The minimum atomic E-state index is -0.999. The van der Waals surface area contributed by atoms with Crippen LogP contribution in [0, 0.1) is 17.5 Å². The van der Waals surface area contributed by atoms with Crippen molar-refractivity contribution in [2.75, 3.05) is 5.32 Å². The fourth-order valence-corrected chi connectivity index (χ4v) is 1.56. The molecule has 19 heavy (non-hydrogen) atoms. The number of phenolic OH excluding ortho intramolecular Hbond substituents is 1. The highest BCUT2D eigenvalue weighted by Gasteiger charge is 2.17. The van der Waals surface area contributed by atoms with Gasteiger partial charge in [0.05, 0.1) is 0 Å². The number of phenols is 1. The maximum Gasteiger partial charge on any atom is 0.262 e. The van der Waals surface area contributed by atoms with E-state index in [0.29, 0.717) is 6.07 Å².